The third kappa shape index (κ3) is 8.63. The molecule has 0 aliphatic rings. The number of hydrogen-bond acceptors (Lipinski definition) is 3. The molecule has 0 aromatic heterocycles. The van der Waals surface area contributed by atoms with Gasteiger partial charge in [0.15, 0.2) is 0 Å². The fourth-order valence-corrected chi connectivity index (χ4v) is 1.94. The Morgan fingerprint density at radius 1 is 1.00 bits per heavy atom. The first-order chi connectivity index (χ1) is 10.6. The molecule has 0 bridgehead atoms. The van der Waals surface area contributed by atoms with E-state index in [2.05, 4.69) is 44.1 Å². The molecule has 22 heavy (non-hydrogen) atoms. The van der Waals surface area contributed by atoms with Crippen molar-refractivity contribution in [3.8, 4) is 0 Å². The van der Waals surface area contributed by atoms with Crippen LogP contribution in [0.3, 0.4) is 0 Å². The topological polar surface area (TPSA) is 82.3 Å². The molecule has 0 unspecified atom stereocenters. The summed E-state index contributed by atoms with van der Waals surface area (Å²) >= 11 is 3.33. The summed E-state index contributed by atoms with van der Waals surface area (Å²) in [5.74, 6) is -0.0674. The fourth-order valence-electron chi connectivity index (χ4n) is 1.68. The SMILES string of the molecule is CCCNCCNC(=O)CCNC(=O)Nc1ccc(Br)cc1. The monoisotopic (exact) mass is 370 g/mol. The van der Waals surface area contributed by atoms with Crippen molar-refractivity contribution in [1.29, 1.82) is 0 Å². The molecule has 0 spiro atoms. The molecule has 0 aliphatic carbocycles. The Morgan fingerprint density at radius 2 is 1.73 bits per heavy atom. The summed E-state index contributed by atoms with van der Waals surface area (Å²) in [4.78, 5) is 23.2. The van der Waals surface area contributed by atoms with E-state index in [1.54, 1.807) is 12.1 Å². The van der Waals surface area contributed by atoms with E-state index in [1.165, 1.54) is 0 Å². The Morgan fingerprint density at radius 3 is 2.41 bits per heavy atom. The van der Waals surface area contributed by atoms with Gasteiger partial charge in [0.25, 0.3) is 0 Å². The Bertz CT molecular complexity index is 465. The lowest BCUT2D eigenvalue weighted by atomic mass is 10.3. The highest BCUT2D eigenvalue weighted by Crippen LogP contribution is 2.13. The third-order valence-corrected chi connectivity index (χ3v) is 3.32. The molecule has 1 rings (SSSR count). The van der Waals surface area contributed by atoms with Crippen LogP contribution < -0.4 is 21.3 Å². The van der Waals surface area contributed by atoms with Crippen molar-refractivity contribution >= 4 is 33.6 Å². The number of amides is 3. The van der Waals surface area contributed by atoms with Crippen LogP contribution in [-0.4, -0.2) is 38.1 Å². The molecule has 7 heteroatoms. The lowest BCUT2D eigenvalue weighted by Crippen LogP contribution is -2.35. The molecule has 4 N–H and O–H groups in total. The second kappa shape index (κ2) is 11.0. The van der Waals surface area contributed by atoms with Gasteiger partial charge in [0.05, 0.1) is 0 Å². The maximum atomic E-state index is 11.6. The highest BCUT2D eigenvalue weighted by atomic mass is 79.9. The maximum Gasteiger partial charge on any atom is 0.319 e. The van der Waals surface area contributed by atoms with Gasteiger partial charge in [-0.1, -0.05) is 22.9 Å². The first kappa shape index (κ1) is 18.4. The summed E-state index contributed by atoms with van der Waals surface area (Å²) in [6.07, 6.45) is 1.34. The third-order valence-electron chi connectivity index (χ3n) is 2.79. The molecule has 0 saturated heterocycles. The van der Waals surface area contributed by atoms with E-state index in [9.17, 15) is 9.59 Å². The average molecular weight is 371 g/mol. The van der Waals surface area contributed by atoms with Gasteiger partial charge in [0, 0.05) is 36.2 Å². The van der Waals surface area contributed by atoms with Crippen molar-refractivity contribution in [2.75, 3.05) is 31.5 Å². The van der Waals surface area contributed by atoms with Crippen molar-refractivity contribution in [2.24, 2.45) is 0 Å². The maximum absolute atomic E-state index is 11.6. The Balaban J connectivity index is 2.09. The van der Waals surface area contributed by atoms with Crippen LogP contribution in [0.2, 0.25) is 0 Å². The van der Waals surface area contributed by atoms with Gasteiger partial charge in [-0.3, -0.25) is 4.79 Å². The minimum absolute atomic E-state index is 0.0674. The van der Waals surface area contributed by atoms with Crippen LogP contribution in [0, 0.1) is 0 Å². The zero-order valence-electron chi connectivity index (χ0n) is 12.7. The summed E-state index contributed by atoms with van der Waals surface area (Å²) in [5.41, 5.74) is 0.701. The Labute approximate surface area is 139 Å². The van der Waals surface area contributed by atoms with Crippen molar-refractivity contribution in [3.05, 3.63) is 28.7 Å². The molecular formula is C15H23BrN4O2. The normalized spacial score (nSPS) is 10.1. The minimum atomic E-state index is -0.320. The van der Waals surface area contributed by atoms with Crippen molar-refractivity contribution in [2.45, 2.75) is 19.8 Å². The molecule has 1 aromatic rings. The van der Waals surface area contributed by atoms with Gasteiger partial charge in [-0.05, 0) is 37.2 Å². The van der Waals surface area contributed by atoms with Crippen LogP contribution >= 0.6 is 15.9 Å². The number of hydrogen-bond donors (Lipinski definition) is 4. The number of carbonyl (C=O) groups is 2. The molecule has 0 radical (unpaired) electrons. The molecule has 3 amide bonds. The molecule has 0 atom stereocenters. The standard InChI is InChI=1S/C15H23BrN4O2/c1-2-8-17-10-11-18-14(21)7-9-19-15(22)20-13-5-3-12(16)4-6-13/h3-6,17H,2,7-11H2,1H3,(H,18,21)(H2,19,20,22). The molecule has 0 aliphatic heterocycles. The Kier molecular flexibility index (Phi) is 9.25. The molecule has 122 valence electrons. The van der Waals surface area contributed by atoms with E-state index in [0.717, 1.165) is 24.0 Å². The predicted molar refractivity (Wildman–Crippen MR) is 92.0 cm³/mol. The average Bonchev–Trinajstić information content (AvgIpc) is 2.49. The van der Waals surface area contributed by atoms with E-state index in [4.69, 9.17) is 0 Å². The summed E-state index contributed by atoms with van der Waals surface area (Å²) in [6.45, 7) is 4.71. The lowest BCUT2D eigenvalue weighted by molar-refractivity contribution is -0.120. The smallest absolute Gasteiger partial charge is 0.319 e. The van der Waals surface area contributed by atoms with Crippen molar-refractivity contribution in [3.63, 3.8) is 0 Å². The zero-order chi connectivity index (χ0) is 16.2. The minimum Gasteiger partial charge on any atom is -0.355 e. The second-order valence-corrected chi connectivity index (χ2v) is 5.65. The first-order valence-electron chi connectivity index (χ1n) is 7.39. The van der Waals surface area contributed by atoms with Gasteiger partial charge in [-0.25, -0.2) is 4.79 Å². The van der Waals surface area contributed by atoms with Crippen LogP contribution in [0.1, 0.15) is 19.8 Å². The molecule has 1 aromatic carbocycles. The zero-order valence-corrected chi connectivity index (χ0v) is 14.3. The van der Waals surface area contributed by atoms with E-state index >= 15 is 0 Å². The molecule has 0 saturated carbocycles. The van der Waals surface area contributed by atoms with Gasteiger partial charge in [0.2, 0.25) is 5.91 Å². The number of benzene rings is 1. The van der Waals surface area contributed by atoms with Gasteiger partial charge >= 0.3 is 6.03 Å². The van der Waals surface area contributed by atoms with E-state index in [-0.39, 0.29) is 18.4 Å². The molecule has 0 heterocycles. The van der Waals surface area contributed by atoms with Crippen LogP contribution in [0.5, 0.6) is 0 Å². The largest absolute Gasteiger partial charge is 0.355 e. The van der Waals surface area contributed by atoms with E-state index in [0.29, 0.717) is 18.8 Å². The second-order valence-electron chi connectivity index (χ2n) is 4.74. The summed E-state index contributed by atoms with van der Waals surface area (Å²) in [6, 6.07) is 6.95. The lowest BCUT2D eigenvalue weighted by Gasteiger charge is -2.08. The predicted octanol–water partition coefficient (Wildman–Crippen LogP) is 2.08. The van der Waals surface area contributed by atoms with Crippen molar-refractivity contribution in [1.82, 2.24) is 16.0 Å². The van der Waals surface area contributed by atoms with Crippen LogP contribution in [0.15, 0.2) is 28.7 Å². The fraction of sp³-hybridized carbons (Fsp3) is 0.467. The highest BCUT2D eigenvalue weighted by Gasteiger charge is 2.04. The summed E-state index contributed by atoms with van der Waals surface area (Å²) < 4.78 is 0.948. The van der Waals surface area contributed by atoms with Gasteiger partial charge in [-0.2, -0.15) is 0 Å². The molecule has 6 nitrogen and oxygen atoms in total. The number of rotatable bonds is 9. The number of halogens is 1. The van der Waals surface area contributed by atoms with Crippen molar-refractivity contribution < 1.29 is 9.59 Å². The van der Waals surface area contributed by atoms with Gasteiger partial charge < -0.3 is 21.3 Å². The quantitative estimate of drug-likeness (QED) is 0.502. The van der Waals surface area contributed by atoms with Crippen LogP contribution in [-0.2, 0) is 4.79 Å². The van der Waals surface area contributed by atoms with E-state index < -0.39 is 0 Å². The van der Waals surface area contributed by atoms with Crippen LogP contribution in [0.25, 0.3) is 0 Å². The van der Waals surface area contributed by atoms with Crippen LogP contribution in [0.4, 0.5) is 10.5 Å². The highest BCUT2D eigenvalue weighted by molar-refractivity contribution is 9.10. The van der Waals surface area contributed by atoms with Gasteiger partial charge in [0.1, 0.15) is 0 Å². The summed E-state index contributed by atoms with van der Waals surface area (Å²) in [5, 5.41) is 11.3. The summed E-state index contributed by atoms with van der Waals surface area (Å²) in [7, 11) is 0. The van der Waals surface area contributed by atoms with Gasteiger partial charge in [-0.15, -0.1) is 0 Å². The Hall–Kier alpha value is -1.60. The number of carbonyl (C=O) groups excluding carboxylic acids is 2. The molecule has 0 fully saturated rings. The van der Waals surface area contributed by atoms with E-state index in [1.807, 2.05) is 12.1 Å². The number of urea groups is 1. The molecular weight excluding hydrogens is 348 g/mol. The number of anilines is 1. The first-order valence-corrected chi connectivity index (χ1v) is 8.19. The number of nitrogens with one attached hydrogen (secondary N) is 4.